The molecular formula is C18H16Cl2N2O2. The number of carbonyl (C=O) groups is 2. The Morgan fingerprint density at radius 1 is 0.875 bits per heavy atom. The fourth-order valence-corrected chi connectivity index (χ4v) is 3.22. The van der Waals surface area contributed by atoms with Gasteiger partial charge in [-0.15, -0.1) is 0 Å². The van der Waals surface area contributed by atoms with Crippen LogP contribution in [0.15, 0.2) is 42.5 Å². The van der Waals surface area contributed by atoms with Crippen LogP contribution in [0, 0.1) is 0 Å². The zero-order chi connectivity index (χ0) is 17.1. The molecule has 1 heterocycles. The molecule has 2 aromatic carbocycles. The molecule has 0 aliphatic carbocycles. The molecule has 0 unspecified atom stereocenters. The maximum atomic E-state index is 12.3. The van der Waals surface area contributed by atoms with Gasteiger partial charge in [-0.25, -0.2) is 0 Å². The van der Waals surface area contributed by atoms with Crippen LogP contribution in [0.3, 0.4) is 0 Å². The Hall–Kier alpha value is -2.04. The first-order chi connectivity index (χ1) is 11.5. The molecule has 124 valence electrons. The lowest BCUT2D eigenvalue weighted by atomic mass is 10.1. The van der Waals surface area contributed by atoms with Gasteiger partial charge in [0.2, 0.25) is 0 Å². The summed E-state index contributed by atoms with van der Waals surface area (Å²) in [5.74, 6) is -0.269. The Morgan fingerprint density at radius 2 is 1.42 bits per heavy atom. The number of amides is 2. The lowest BCUT2D eigenvalue weighted by Gasteiger charge is -2.15. The molecule has 24 heavy (non-hydrogen) atoms. The van der Waals surface area contributed by atoms with Crippen LogP contribution in [0.4, 0.5) is 5.69 Å². The van der Waals surface area contributed by atoms with E-state index in [1.165, 1.54) is 0 Å². The van der Waals surface area contributed by atoms with Crippen molar-refractivity contribution in [1.29, 1.82) is 0 Å². The third kappa shape index (κ3) is 3.89. The van der Waals surface area contributed by atoms with Crippen molar-refractivity contribution in [3.63, 3.8) is 0 Å². The summed E-state index contributed by atoms with van der Waals surface area (Å²) < 4.78 is 0. The van der Waals surface area contributed by atoms with E-state index in [9.17, 15) is 9.59 Å². The molecule has 3 rings (SSSR count). The maximum absolute atomic E-state index is 12.3. The average molecular weight is 363 g/mol. The molecule has 0 radical (unpaired) electrons. The van der Waals surface area contributed by atoms with Gasteiger partial charge in [-0.05, 0) is 55.3 Å². The number of carbonyl (C=O) groups excluding carboxylic acids is 2. The number of halogens is 2. The van der Waals surface area contributed by atoms with Crippen molar-refractivity contribution < 1.29 is 9.59 Å². The molecule has 0 atom stereocenters. The Kier molecular flexibility index (Phi) is 5.07. The summed E-state index contributed by atoms with van der Waals surface area (Å²) in [6.07, 6.45) is 2.10. The Bertz CT molecular complexity index is 749. The van der Waals surface area contributed by atoms with Gasteiger partial charge in [0.15, 0.2) is 0 Å². The first kappa shape index (κ1) is 16.8. The normalized spacial score (nSPS) is 13.8. The van der Waals surface area contributed by atoms with Gasteiger partial charge in [-0.3, -0.25) is 9.59 Å². The van der Waals surface area contributed by atoms with Crippen molar-refractivity contribution in [2.24, 2.45) is 0 Å². The van der Waals surface area contributed by atoms with Gasteiger partial charge >= 0.3 is 0 Å². The van der Waals surface area contributed by atoms with E-state index in [0.29, 0.717) is 26.9 Å². The zero-order valence-electron chi connectivity index (χ0n) is 12.9. The highest BCUT2D eigenvalue weighted by Crippen LogP contribution is 2.23. The summed E-state index contributed by atoms with van der Waals surface area (Å²) in [6.45, 7) is 1.60. The summed E-state index contributed by atoms with van der Waals surface area (Å²) >= 11 is 11.8. The highest BCUT2D eigenvalue weighted by molar-refractivity contribution is 6.35. The molecule has 2 aromatic rings. The molecule has 6 heteroatoms. The van der Waals surface area contributed by atoms with E-state index in [2.05, 4.69) is 5.32 Å². The molecular weight excluding hydrogens is 347 g/mol. The minimum Gasteiger partial charge on any atom is -0.339 e. The molecule has 1 aliphatic heterocycles. The number of nitrogens with zero attached hydrogens (tertiary/aromatic N) is 1. The predicted octanol–water partition coefficient (Wildman–Crippen LogP) is 4.48. The second kappa shape index (κ2) is 7.24. The van der Waals surface area contributed by atoms with E-state index in [1.807, 2.05) is 4.90 Å². The minimum atomic E-state index is -0.284. The molecule has 0 saturated carbocycles. The van der Waals surface area contributed by atoms with Gasteiger partial charge in [0, 0.05) is 39.9 Å². The van der Waals surface area contributed by atoms with E-state index >= 15 is 0 Å². The number of nitrogens with one attached hydrogen (secondary N) is 1. The molecule has 2 amide bonds. The van der Waals surface area contributed by atoms with Crippen LogP contribution in [0.2, 0.25) is 10.0 Å². The van der Waals surface area contributed by atoms with Gasteiger partial charge in [-0.2, -0.15) is 0 Å². The highest BCUT2D eigenvalue weighted by Gasteiger charge is 2.19. The molecule has 1 saturated heterocycles. The topological polar surface area (TPSA) is 49.4 Å². The highest BCUT2D eigenvalue weighted by atomic mass is 35.5. The fourth-order valence-electron chi connectivity index (χ4n) is 2.70. The van der Waals surface area contributed by atoms with Gasteiger partial charge in [0.05, 0.1) is 0 Å². The average Bonchev–Trinajstić information content (AvgIpc) is 3.07. The first-order valence-corrected chi connectivity index (χ1v) is 8.45. The van der Waals surface area contributed by atoms with E-state index in [0.717, 1.165) is 25.9 Å². The van der Waals surface area contributed by atoms with Crippen molar-refractivity contribution in [1.82, 2.24) is 4.90 Å². The van der Waals surface area contributed by atoms with Gasteiger partial charge in [0.1, 0.15) is 0 Å². The molecule has 1 aliphatic rings. The molecule has 0 aromatic heterocycles. The van der Waals surface area contributed by atoms with Crippen LogP contribution in [0.5, 0.6) is 0 Å². The monoisotopic (exact) mass is 362 g/mol. The van der Waals surface area contributed by atoms with Crippen LogP contribution in [-0.4, -0.2) is 29.8 Å². The second-order valence-electron chi connectivity index (χ2n) is 5.69. The third-order valence-corrected chi connectivity index (χ3v) is 4.34. The lowest BCUT2D eigenvalue weighted by Crippen LogP contribution is -2.27. The van der Waals surface area contributed by atoms with E-state index < -0.39 is 0 Å². The SMILES string of the molecule is O=C(Nc1cc(Cl)cc(Cl)c1)c1ccc(C(=O)N2CCCC2)cc1. The largest absolute Gasteiger partial charge is 0.339 e. The number of rotatable bonds is 3. The van der Waals surface area contributed by atoms with Crippen molar-refractivity contribution in [3.8, 4) is 0 Å². The third-order valence-electron chi connectivity index (χ3n) is 3.91. The molecule has 4 nitrogen and oxygen atoms in total. The summed E-state index contributed by atoms with van der Waals surface area (Å²) in [4.78, 5) is 26.4. The fraction of sp³-hybridized carbons (Fsp3) is 0.222. The van der Waals surface area contributed by atoms with Crippen molar-refractivity contribution >= 4 is 40.7 Å². The van der Waals surface area contributed by atoms with E-state index in [1.54, 1.807) is 42.5 Å². The molecule has 1 fully saturated rings. The van der Waals surface area contributed by atoms with Crippen LogP contribution >= 0.6 is 23.2 Å². The summed E-state index contributed by atoms with van der Waals surface area (Å²) in [5, 5.41) is 3.64. The Balaban J connectivity index is 1.70. The molecule has 0 bridgehead atoms. The van der Waals surface area contributed by atoms with E-state index in [4.69, 9.17) is 23.2 Å². The van der Waals surface area contributed by atoms with Gasteiger partial charge < -0.3 is 10.2 Å². The van der Waals surface area contributed by atoms with Gasteiger partial charge in [0.25, 0.3) is 11.8 Å². The Morgan fingerprint density at radius 3 is 2.00 bits per heavy atom. The summed E-state index contributed by atoms with van der Waals surface area (Å²) in [6, 6.07) is 11.5. The van der Waals surface area contributed by atoms with Crippen molar-refractivity contribution in [3.05, 3.63) is 63.6 Å². The Labute approximate surface area is 150 Å². The van der Waals surface area contributed by atoms with Crippen molar-refractivity contribution in [2.45, 2.75) is 12.8 Å². The standard InChI is InChI=1S/C18H16Cl2N2O2/c19-14-9-15(20)11-16(10-14)21-17(23)12-3-5-13(6-4-12)18(24)22-7-1-2-8-22/h3-6,9-11H,1-2,7-8H2,(H,21,23). The smallest absolute Gasteiger partial charge is 0.255 e. The summed E-state index contributed by atoms with van der Waals surface area (Å²) in [7, 11) is 0. The van der Waals surface area contributed by atoms with Gasteiger partial charge in [-0.1, -0.05) is 23.2 Å². The number of benzene rings is 2. The van der Waals surface area contributed by atoms with Crippen LogP contribution in [-0.2, 0) is 0 Å². The molecule has 1 N–H and O–H groups in total. The minimum absolute atomic E-state index is 0.0149. The van der Waals surface area contributed by atoms with Crippen LogP contribution in [0.25, 0.3) is 0 Å². The summed E-state index contributed by atoms with van der Waals surface area (Å²) in [5.41, 5.74) is 1.58. The lowest BCUT2D eigenvalue weighted by molar-refractivity contribution is 0.0792. The molecule has 0 spiro atoms. The predicted molar refractivity (Wildman–Crippen MR) is 96.0 cm³/mol. The number of anilines is 1. The quantitative estimate of drug-likeness (QED) is 0.874. The number of hydrogen-bond donors (Lipinski definition) is 1. The van der Waals surface area contributed by atoms with Crippen LogP contribution in [0.1, 0.15) is 33.6 Å². The first-order valence-electron chi connectivity index (χ1n) is 7.70. The number of hydrogen-bond acceptors (Lipinski definition) is 2. The zero-order valence-corrected chi connectivity index (χ0v) is 14.4. The number of likely N-dealkylation sites (tertiary alicyclic amines) is 1. The van der Waals surface area contributed by atoms with Crippen LogP contribution < -0.4 is 5.32 Å². The van der Waals surface area contributed by atoms with E-state index in [-0.39, 0.29) is 11.8 Å². The van der Waals surface area contributed by atoms with Crippen molar-refractivity contribution in [2.75, 3.05) is 18.4 Å². The maximum Gasteiger partial charge on any atom is 0.255 e. The second-order valence-corrected chi connectivity index (χ2v) is 6.56.